The highest BCUT2D eigenvalue weighted by atomic mass is 32.2. The van der Waals surface area contributed by atoms with E-state index in [1.54, 1.807) is 7.05 Å². The minimum absolute atomic E-state index is 0.0581. The molecule has 1 aliphatic heterocycles. The van der Waals surface area contributed by atoms with Crippen molar-refractivity contribution in [1.29, 1.82) is 0 Å². The Morgan fingerprint density at radius 1 is 1.38 bits per heavy atom. The summed E-state index contributed by atoms with van der Waals surface area (Å²) in [6.45, 7) is 2.66. The molecule has 0 amide bonds. The summed E-state index contributed by atoms with van der Waals surface area (Å²) in [6.07, 6.45) is 1.72. The number of benzene rings is 1. The normalized spacial score (nSPS) is 20.7. The van der Waals surface area contributed by atoms with Crippen LogP contribution in [0.3, 0.4) is 0 Å². The second-order valence-corrected chi connectivity index (χ2v) is 7.39. The molecule has 0 spiro atoms. The van der Waals surface area contributed by atoms with Crippen molar-refractivity contribution in [2.75, 3.05) is 20.1 Å². The van der Waals surface area contributed by atoms with Gasteiger partial charge in [-0.3, -0.25) is 0 Å². The number of halogens is 2. The third kappa shape index (κ3) is 3.25. The summed E-state index contributed by atoms with van der Waals surface area (Å²) in [4.78, 5) is -0.441. The topological polar surface area (TPSA) is 49.4 Å². The highest BCUT2D eigenvalue weighted by Gasteiger charge is 2.32. The van der Waals surface area contributed by atoms with Gasteiger partial charge in [0.1, 0.15) is 10.7 Å². The fraction of sp³-hybridized carbons (Fsp3) is 0.571. The lowest BCUT2D eigenvalue weighted by atomic mass is 10.0. The van der Waals surface area contributed by atoms with Gasteiger partial charge in [-0.25, -0.2) is 17.2 Å². The first-order valence-electron chi connectivity index (χ1n) is 6.99. The zero-order chi connectivity index (χ0) is 15.6. The lowest BCUT2D eigenvalue weighted by Crippen LogP contribution is -2.39. The summed E-state index contributed by atoms with van der Waals surface area (Å²) in [7, 11) is -2.37. The molecule has 0 bridgehead atoms. The van der Waals surface area contributed by atoms with Crippen molar-refractivity contribution in [2.24, 2.45) is 5.92 Å². The third-order valence-corrected chi connectivity index (χ3v) is 5.62. The van der Waals surface area contributed by atoms with Crippen LogP contribution in [-0.2, 0) is 16.6 Å². The molecule has 7 heteroatoms. The maximum absolute atomic E-state index is 14.4. The van der Waals surface area contributed by atoms with E-state index in [2.05, 4.69) is 5.32 Å². The number of nitrogens with zero attached hydrogens (tertiary/aromatic N) is 1. The van der Waals surface area contributed by atoms with Crippen molar-refractivity contribution in [1.82, 2.24) is 9.62 Å². The van der Waals surface area contributed by atoms with Crippen LogP contribution in [0.5, 0.6) is 0 Å². The van der Waals surface area contributed by atoms with E-state index < -0.39 is 26.6 Å². The van der Waals surface area contributed by atoms with Gasteiger partial charge in [0.15, 0.2) is 5.82 Å². The van der Waals surface area contributed by atoms with Gasteiger partial charge in [0.05, 0.1) is 0 Å². The Morgan fingerprint density at radius 3 is 2.71 bits per heavy atom. The fourth-order valence-corrected chi connectivity index (χ4v) is 4.31. The average Bonchev–Trinajstić information content (AvgIpc) is 2.43. The second kappa shape index (κ2) is 6.37. The Bertz CT molecular complexity index is 620. The first-order chi connectivity index (χ1) is 9.87. The van der Waals surface area contributed by atoms with Gasteiger partial charge in [-0.15, -0.1) is 0 Å². The minimum atomic E-state index is -3.92. The van der Waals surface area contributed by atoms with Crippen molar-refractivity contribution < 1.29 is 17.2 Å². The molecule has 0 aromatic heterocycles. The van der Waals surface area contributed by atoms with Crippen LogP contribution >= 0.6 is 0 Å². The number of hydrogen-bond acceptors (Lipinski definition) is 3. The first kappa shape index (κ1) is 16.3. The van der Waals surface area contributed by atoms with E-state index in [9.17, 15) is 17.2 Å². The Kier molecular flexibility index (Phi) is 4.95. The van der Waals surface area contributed by atoms with Crippen LogP contribution in [0.2, 0.25) is 0 Å². The molecule has 1 unspecified atom stereocenters. The predicted octanol–water partition coefficient (Wildman–Crippen LogP) is 2.10. The molecule has 1 N–H and O–H groups in total. The fourth-order valence-electron chi connectivity index (χ4n) is 2.62. The minimum Gasteiger partial charge on any atom is -0.315 e. The molecule has 0 aliphatic carbocycles. The molecular weight excluding hydrogens is 298 g/mol. The highest BCUT2D eigenvalue weighted by molar-refractivity contribution is 7.89. The van der Waals surface area contributed by atoms with E-state index in [4.69, 9.17) is 0 Å². The van der Waals surface area contributed by atoms with E-state index in [1.807, 2.05) is 6.92 Å². The van der Waals surface area contributed by atoms with Gasteiger partial charge >= 0.3 is 0 Å². The summed E-state index contributed by atoms with van der Waals surface area (Å²) >= 11 is 0. The lowest BCUT2D eigenvalue weighted by Gasteiger charge is -2.30. The van der Waals surface area contributed by atoms with Crippen molar-refractivity contribution in [3.63, 3.8) is 0 Å². The van der Waals surface area contributed by atoms with E-state index in [0.717, 1.165) is 25.0 Å². The van der Waals surface area contributed by atoms with Gasteiger partial charge in [-0.2, -0.15) is 4.31 Å². The second-order valence-electron chi connectivity index (χ2n) is 5.48. The molecular formula is C14H20F2N2O2S. The zero-order valence-corrected chi connectivity index (χ0v) is 13.0. The molecule has 1 saturated heterocycles. The van der Waals surface area contributed by atoms with Crippen LogP contribution in [0, 0.1) is 17.6 Å². The Labute approximate surface area is 124 Å². The Balaban J connectivity index is 2.42. The summed E-state index contributed by atoms with van der Waals surface area (Å²) in [5, 5.41) is 2.64. The summed E-state index contributed by atoms with van der Waals surface area (Å²) < 4.78 is 54.4. The van der Waals surface area contributed by atoms with Crippen molar-refractivity contribution in [3.8, 4) is 0 Å². The first-order valence-corrected chi connectivity index (χ1v) is 8.43. The van der Waals surface area contributed by atoms with Crippen molar-refractivity contribution in [3.05, 3.63) is 29.3 Å². The maximum Gasteiger partial charge on any atom is 0.246 e. The van der Waals surface area contributed by atoms with Gasteiger partial charge < -0.3 is 5.32 Å². The summed E-state index contributed by atoms with van der Waals surface area (Å²) in [5.74, 6) is -1.50. The van der Waals surface area contributed by atoms with E-state index in [0.29, 0.717) is 13.1 Å². The van der Waals surface area contributed by atoms with Crippen LogP contribution in [0.25, 0.3) is 0 Å². The van der Waals surface area contributed by atoms with Crippen molar-refractivity contribution >= 4 is 10.0 Å². The average molecular weight is 318 g/mol. The largest absolute Gasteiger partial charge is 0.315 e. The molecule has 2 rings (SSSR count). The van der Waals surface area contributed by atoms with Gasteiger partial charge in [-0.1, -0.05) is 6.92 Å². The third-order valence-electron chi connectivity index (χ3n) is 3.74. The molecule has 0 saturated carbocycles. The molecule has 0 radical (unpaired) electrons. The van der Waals surface area contributed by atoms with Crippen LogP contribution in [0.15, 0.2) is 17.0 Å². The zero-order valence-electron chi connectivity index (χ0n) is 12.2. The number of rotatable bonds is 4. The molecule has 21 heavy (non-hydrogen) atoms. The molecule has 1 aromatic rings. The molecule has 118 valence electrons. The van der Waals surface area contributed by atoms with Crippen LogP contribution < -0.4 is 5.32 Å². The predicted molar refractivity (Wildman–Crippen MR) is 76.3 cm³/mol. The number of hydrogen-bond donors (Lipinski definition) is 1. The quantitative estimate of drug-likeness (QED) is 0.925. The Morgan fingerprint density at radius 2 is 2.10 bits per heavy atom. The summed E-state index contributed by atoms with van der Waals surface area (Å²) in [6, 6.07) is 2.02. The van der Waals surface area contributed by atoms with E-state index >= 15 is 0 Å². The van der Waals surface area contributed by atoms with E-state index in [1.165, 1.54) is 4.31 Å². The maximum atomic E-state index is 14.4. The summed E-state index contributed by atoms with van der Waals surface area (Å²) in [5.41, 5.74) is -0.247. The van der Waals surface area contributed by atoms with Gasteiger partial charge in [0.2, 0.25) is 10.0 Å². The standard InChI is InChI=1S/C14H20F2N2O2S/c1-10-4-3-7-18(9-10)21(19,20)13-6-5-12(15)11(8-17-2)14(13)16/h5-6,10,17H,3-4,7-9H2,1-2H3. The van der Waals surface area contributed by atoms with Gasteiger partial charge in [-0.05, 0) is 37.9 Å². The van der Waals surface area contributed by atoms with Crippen LogP contribution in [-0.4, -0.2) is 32.9 Å². The molecule has 1 heterocycles. The molecule has 1 aliphatic rings. The van der Waals surface area contributed by atoms with Crippen molar-refractivity contribution in [2.45, 2.75) is 31.2 Å². The molecule has 1 atom stereocenters. The van der Waals surface area contributed by atoms with E-state index in [-0.39, 0.29) is 18.0 Å². The molecule has 1 fully saturated rings. The highest BCUT2D eigenvalue weighted by Crippen LogP contribution is 2.27. The smallest absolute Gasteiger partial charge is 0.246 e. The SMILES string of the molecule is CNCc1c(F)ccc(S(=O)(=O)N2CCCC(C)C2)c1F. The van der Waals surface area contributed by atoms with Gasteiger partial charge in [0, 0.05) is 25.2 Å². The Hall–Kier alpha value is -1.05. The number of piperidine rings is 1. The van der Waals surface area contributed by atoms with Crippen LogP contribution in [0.4, 0.5) is 8.78 Å². The molecule has 4 nitrogen and oxygen atoms in total. The number of nitrogens with one attached hydrogen (secondary N) is 1. The number of sulfonamides is 1. The van der Waals surface area contributed by atoms with Crippen LogP contribution in [0.1, 0.15) is 25.3 Å². The van der Waals surface area contributed by atoms with Gasteiger partial charge in [0.25, 0.3) is 0 Å². The lowest BCUT2D eigenvalue weighted by molar-refractivity contribution is 0.280. The monoisotopic (exact) mass is 318 g/mol. The molecule has 1 aromatic carbocycles.